The van der Waals surface area contributed by atoms with E-state index < -0.39 is 0 Å². The minimum atomic E-state index is 0.868. The maximum atomic E-state index is 5.30. The molecule has 2 heterocycles. The van der Waals surface area contributed by atoms with Crippen LogP contribution in [0.3, 0.4) is 0 Å². The van der Waals surface area contributed by atoms with Gasteiger partial charge in [0.05, 0.1) is 7.11 Å². The van der Waals surface area contributed by atoms with Crippen LogP contribution in [0.2, 0.25) is 0 Å². The third-order valence-corrected chi connectivity index (χ3v) is 3.38. The van der Waals surface area contributed by atoms with Gasteiger partial charge in [0, 0.05) is 35.1 Å². The Balaban J connectivity index is 2.07. The lowest BCUT2D eigenvalue weighted by molar-refractivity contribution is 0.415. The van der Waals surface area contributed by atoms with Crippen LogP contribution in [0.5, 0.6) is 5.75 Å². The van der Waals surface area contributed by atoms with Gasteiger partial charge in [0.15, 0.2) is 0 Å². The fraction of sp³-hybridized carbons (Fsp3) is 0.118. The van der Waals surface area contributed by atoms with E-state index in [0.29, 0.717) is 0 Å². The lowest BCUT2D eigenvalue weighted by Crippen LogP contribution is -1.83. The highest BCUT2D eigenvalue weighted by molar-refractivity contribution is 5.96. The molecule has 3 heteroatoms. The number of hydrogen-bond donors (Lipinski definition) is 1. The molecule has 0 bridgehead atoms. The first-order valence-corrected chi connectivity index (χ1v) is 6.52. The summed E-state index contributed by atoms with van der Waals surface area (Å²) in [6.07, 6.45) is 7.81. The van der Waals surface area contributed by atoms with Crippen molar-refractivity contribution in [2.75, 3.05) is 7.11 Å². The van der Waals surface area contributed by atoms with Crippen molar-refractivity contribution in [1.82, 2.24) is 9.97 Å². The zero-order valence-electron chi connectivity index (χ0n) is 11.6. The van der Waals surface area contributed by atoms with Crippen molar-refractivity contribution < 1.29 is 4.74 Å². The van der Waals surface area contributed by atoms with E-state index in [0.717, 1.165) is 16.8 Å². The molecule has 20 heavy (non-hydrogen) atoms. The van der Waals surface area contributed by atoms with Crippen molar-refractivity contribution in [2.45, 2.75) is 6.92 Å². The molecule has 0 saturated heterocycles. The third kappa shape index (κ3) is 2.30. The molecular weight excluding hydrogens is 248 g/mol. The first-order valence-electron chi connectivity index (χ1n) is 6.52. The number of nitrogens with zero attached hydrogens (tertiary/aromatic N) is 1. The number of aromatic amines is 1. The number of methoxy groups -OCH3 is 1. The number of benzene rings is 1. The number of hydrogen-bond acceptors (Lipinski definition) is 2. The highest BCUT2D eigenvalue weighted by atomic mass is 16.5. The second-order valence-electron chi connectivity index (χ2n) is 4.73. The summed E-state index contributed by atoms with van der Waals surface area (Å²) < 4.78 is 5.30. The summed E-state index contributed by atoms with van der Waals surface area (Å²) in [5, 5.41) is 1.17. The van der Waals surface area contributed by atoms with Crippen LogP contribution in [0.15, 0.2) is 48.9 Å². The monoisotopic (exact) mass is 264 g/mol. The minimum absolute atomic E-state index is 0.868. The lowest BCUT2D eigenvalue weighted by atomic mass is 10.0. The standard InChI is InChI=1S/C17H16N2O/c1-12(8-13-4-3-7-18-10-13)16-11-19-17-6-5-14(20-2)9-15(16)17/h3-11,19H,1-2H3. The van der Waals surface area contributed by atoms with Crippen LogP contribution in [0.4, 0.5) is 0 Å². The number of ether oxygens (including phenoxy) is 1. The fourth-order valence-corrected chi connectivity index (χ4v) is 2.34. The largest absolute Gasteiger partial charge is 0.497 e. The molecule has 3 nitrogen and oxygen atoms in total. The Morgan fingerprint density at radius 1 is 1.30 bits per heavy atom. The Bertz CT molecular complexity index is 757. The Morgan fingerprint density at radius 2 is 2.20 bits per heavy atom. The van der Waals surface area contributed by atoms with Crippen molar-refractivity contribution >= 4 is 22.6 Å². The minimum Gasteiger partial charge on any atom is -0.497 e. The Morgan fingerprint density at radius 3 is 2.95 bits per heavy atom. The summed E-state index contributed by atoms with van der Waals surface area (Å²) in [6.45, 7) is 2.11. The van der Waals surface area contributed by atoms with Gasteiger partial charge >= 0.3 is 0 Å². The number of fused-ring (bicyclic) bond motifs is 1. The molecule has 0 amide bonds. The molecular formula is C17H16N2O. The summed E-state index contributed by atoms with van der Waals surface area (Å²) in [6, 6.07) is 10.0. The van der Waals surface area contributed by atoms with Crippen LogP contribution in [-0.2, 0) is 0 Å². The third-order valence-electron chi connectivity index (χ3n) is 3.38. The van der Waals surface area contributed by atoms with Gasteiger partial charge in [-0.15, -0.1) is 0 Å². The number of aromatic nitrogens is 2. The van der Waals surface area contributed by atoms with Crippen LogP contribution in [-0.4, -0.2) is 17.1 Å². The Hall–Kier alpha value is -2.55. The van der Waals surface area contributed by atoms with Gasteiger partial charge in [-0.3, -0.25) is 4.98 Å². The van der Waals surface area contributed by atoms with Crippen molar-refractivity contribution in [3.8, 4) is 5.75 Å². The summed E-state index contributed by atoms with van der Waals surface area (Å²) in [5.41, 5.74) is 4.59. The van der Waals surface area contributed by atoms with E-state index in [4.69, 9.17) is 4.74 Å². The van der Waals surface area contributed by atoms with Gasteiger partial charge in [-0.05, 0) is 48.4 Å². The summed E-state index contributed by atoms with van der Waals surface area (Å²) in [5.74, 6) is 0.868. The highest BCUT2D eigenvalue weighted by Gasteiger charge is 2.06. The fourth-order valence-electron chi connectivity index (χ4n) is 2.34. The van der Waals surface area contributed by atoms with Crippen LogP contribution in [0.25, 0.3) is 22.6 Å². The predicted octanol–water partition coefficient (Wildman–Crippen LogP) is 4.13. The average molecular weight is 264 g/mol. The zero-order valence-corrected chi connectivity index (χ0v) is 11.6. The van der Waals surface area contributed by atoms with Gasteiger partial charge in [-0.25, -0.2) is 0 Å². The average Bonchev–Trinajstić information content (AvgIpc) is 2.91. The van der Waals surface area contributed by atoms with Gasteiger partial charge in [0.1, 0.15) is 5.75 Å². The van der Waals surface area contributed by atoms with Crippen LogP contribution in [0, 0.1) is 0 Å². The molecule has 1 N–H and O–H groups in total. The molecule has 0 unspecified atom stereocenters. The van der Waals surface area contributed by atoms with Crippen molar-refractivity contribution in [2.24, 2.45) is 0 Å². The maximum Gasteiger partial charge on any atom is 0.119 e. The second kappa shape index (κ2) is 5.21. The van der Waals surface area contributed by atoms with E-state index >= 15 is 0 Å². The van der Waals surface area contributed by atoms with E-state index in [2.05, 4.69) is 29.0 Å². The SMILES string of the molecule is COc1ccc2[nH]cc(C(C)=Cc3cccnc3)c2c1. The number of H-pyrrole nitrogens is 1. The molecule has 3 rings (SSSR count). The van der Waals surface area contributed by atoms with E-state index in [1.807, 2.05) is 36.7 Å². The first kappa shape index (κ1) is 12.5. The molecule has 0 spiro atoms. The number of pyridine rings is 1. The lowest BCUT2D eigenvalue weighted by Gasteiger charge is -2.03. The van der Waals surface area contributed by atoms with E-state index in [9.17, 15) is 0 Å². The summed E-state index contributed by atoms with van der Waals surface area (Å²) in [7, 11) is 1.69. The molecule has 0 aliphatic heterocycles. The van der Waals surface area contributed by atoms with Crippen molar-refractivity contribution in [3.63, 3.8) is 0 Å². The maximum absolute atomic E-state index is 5.30. The number of nitrogens with one attached hydrogen (secondary N) is 1. The summed E-state index contributed by atoms with van der Waals surface area (Å²) in [4.78, 5) is 7.43. The molecule has 0 aliphatic rings. The van der Waals surface area contributed by atoms with Crippen LogP contribution < -0.4 is 4.74 Å². The molecule has 1 aromatic carbocycles. The smallest absolute Gasteiger partial charge is 0.119 e. The van der Waals surface area contributed by atoms with Gasteiger partial charge in [-0.2, -0.15) is 0 Å². The molecule has 0 atom stereocenters. The van der Waals surface area contributed by atoms with E-state index in [-0.39, 0.29) is 0 Å². The quantitative estimate of drug-likeness (QED) is 0.772. The van der Waals surface area contributed by atoms with Crippen LogP contribution in [0.1, 0.15) is 18.1 Å². The first-order chi connectivity index (χ1) is 9.78. The van der Waals surface area contributed by atoms with Gasteiger partial charge in [-0.1, -0.05) is 6.07 Å². The molecule has 2 aromatic heterocycles. The summed E-state index contributed by atoms with van der Waals surface area (Å²) >= 11 is 0. The second-order valence-corrected chi connectivity index (χ2v) is 4.73. The van der Waals surface area contributed by atoms with E-state index in [1.54, 1.807) is 13.3 Å². The predicted molar refractivity (Wildman–Crippen MR) is 82.6 cm³/mol. The topological polar surface area (TPSA) is 37.9 Å². The van der Waals surface area contributed by atoms with E-state index in [1.165, 1.54) is 16.5 Å². The molecule has 0 fully saturated rings. The van der Waals surface area contributed by atoms with Crippen molar-refractivity contribution in [1.29, 1.82) is 0 Å². The van der Waals surface area contributed by atoms with Crippen LogP contribution >= 0.6 is 0 Å². The highest BCUT2D eigenvalue weighted by Crippen LogP contribution is 2.29. The van der Waals surface area contributed by atoms with Crippen molar-refractivity contribution in [3.05, 3.63) is 60.0 Å². The molecule has 0 radical (unpaired) electrons. The van der Waals surface area contributed by atoms with Gasteiger partial charge in [0.2, 0.25) is 0 Å². The molecule has 0 aliphatic carbocycles. The molecule has 0 saturated carbocycles. The van der Waals surface area contributed by atoms with Gasteiger partial charge < -0.3 is 9.72 Å². The molecule has 3 aromatic rings. The molecule has 100 valence electrons. The Labute approximate surface area is 117 Å². The van der Waals surface area contributed by atoms with Gasteiger partial charge in [0.25, 0.3) is 0 Å². The normalized spacial score (nSPS) is 11.8. The number of allylic oxidation sites excluding steroid dienone is 1. The Kier molecular flexibility index (Phi) is 3.25. The zero-order chi connectivity index (χ0) is 13.9. The number of rotatable bonds is 3.